The van der Waals surface area contributed by atoms with Crippen molar-refractivity contribution < 1.29 is 38.4 Å². The topological polar surface area (TPSA) is 149 Å². The average molecular weight is 567 g/mol. The first kappa shape index (κ1) is 26.3. The molecule has 2 heterocycles. The molecule has 10 nitrogen and oxygen atoms in total. The van der Waals surface area contributed by atoms with Crippen molar-refractivity contribution in [1.82, 2.24) is 0 Å². The summed E-state index contributed by atoms with van der Waals surface area (Å²) in [6, 6.07) is 19.5. The molecule has 0 saturated heterocycles. The lowest BCUT2D eigenvalue weighted by Crippen LogP contribution is -2.03. The van der Waals surface area contributed by atoms with Gasteiger partial charge in [0, 0.05) is 41.5 Å². The maximum atomic E-state index is 13.1. The molecular weight excluding hydrogens is 544 g/mol. The van der Waals surface area contributed by atoms with Gasteiger partial charge in [0.05, 0.1) is 14.2 Å². The molecule has 0 aliphatic rings. The zero-order chi connectivity index (χ0) is 29.5. The molecule has 0 aliphatic heterocycles. The van der Waals surface area contributed by atoms with Gasteiger partial charge in [0.1, 0.15) is 56.6 Å². The van der Waals surface area contributed by atoms with Crippen LogP contribution in [0.2, 0.25) is 0 Å². The predicted molar refractivity (Wildman–Crippen MR) is 154 cm³/mol. The van der Waals surface area contributed by atoms with E-state index in [4.69, 9.17) is 23.0 Å². The average Bonchev–Trinajstić information content (AvgIpc) is 2.97. The van der Waals surface area contributed by atoms with Gasteiger partial charge < -0.3 is 38.4 Å². The number of methoxy groups -OCH3 is 2. The van der Waals surface area contributed by atoms with Crippen LogP contribution >= 0.6 is 0 Å². The number of hydrogen-bond donors (Lipinski definition) is 3. The Morgan fingerprint density at radius 3 is 1.81 bits per heavy atom. The molecule has 10 heteroatoms. The van der Waals surface area contributed by atoms with Gasteiger partial charge in [0.2, 0.25) is 5.75 Å². The van der Waals surface area contributed by atoms with Crippen molar-refractivity contribution in [1.29, 1.82) is 0 Å². The molecule has 3 N–H and O–H groups in total. The van der Waals surface area contributed by atoms with Crippen LogP contribution in [-0.4, -0.2) is 29.5 Å². The summed E-state index contributed by atoms with van der Waals surface area (Å²) >= 11 is 0. The second kappa shape index (κ2) is 10.3. The third-order valence-electron chi connectivity index (χ3n) is 6.65. The van der Waals surface area contributed by atoms with E-state index in [0.29, 0.717) is 22.6 Å². The summed E-state index contributed by atoms with van der Waals surface area (Å²) in [7, 11) is 2.94. The summed E-state index contributed by atoms with van der Waals surface area (Å²) in [4.78, 5) is 25.7. The number of phenolic OH excluding ortho intramolecular Hbond substituents is 3. The van der Waals surface area contributed by atoms with E-state index < -0.39 is 10.9 Å². The monoisotopic (exact) mass is 566 g/mol. The van der Waals surface area contributed by atoms with E-state index in [9.17, 15) is 24.9 Å². The van der Waals surface area contributed by atoms with E-state index in [1.165, 1.54) is 31.4 Å². The van der Waals surface area contributed by atoms with Crippen molar-refractivity contribution in [3.63, 3.8) is 0 Å². The summed E-state index contributed by atoms with van der Waals surface area (Å²) in [5.41, 5.74) is 0.163. The molecule has 6 aromatic rings. The van der Waals surface area contributed by atoms with Crippen LogP contribution in [0.25, 0.3) is 44.6 Å². The highest BCUT2D eigenvalue weighted by Gasteiger charge is 2.21. The summed E-state index contributed by atoms with van der Waals surface area (Å²) in [6.45, 7) is 0. The second-order valence-electron chi connectivity index (χ2n) is 9.27. The number of ether oxygens (including phenoxy) is 3. The molecule has 210 valence electrons. The molecule has 0 fully saturated rings. The Balaban J connectivity index is 1.41. The van der Waals surface area contributed by atoms with Crippen LogP contribution in [0.4, 0.5) is 0 Å². The Bertz CT molecular complexity index is 2090. The number of aromatic hydroxyl groups is 3. The third-order valence-corrected chi connectivity index (χ3v) is 6.65. The molecule has 0 spiro atoms. The first-order chi connectivity index (χ1) is 20.2. The van der Waals surface area contributed by atoms with Gasteiger partial charge >= 0.3 is 0 Å². The van der Waals surface area contributed by atoms with Gasteiger partial charge in [-0.25, -0.2) is 0 Å². The lowest BCUT2D eigenvalue weighted by Gasteiger charge is -2.14. The van der Waals surface area contributed by atoms with Crippen LogP contribution in [0.5, 0.6) is 40.2 Å². The maximum absolute atomic E-state index is 13.1. The van der Waals surface area contributed by atoms with Gasteiger partial charge in [0.15, 0.2) is 22.2 Å². The number of hydrogen-bond acceptors (Lipinski definition) is 10. The van der Waals surface area contributed by atoms with E-state index >= 15 is 0 Å². The lowest BCUT2D eigenvalue weighted by molar-refractivity contribution is 0.372. The molecule has 0 saturated carbocycles. The van der Waals surface area contributed by atoms with Gasteiger partial charge in [-0.1, -0.05) is 0 Å². The smallest absolute Gasteiger partial charge is 0.212 e. The van der Waals surface area contributed by atoms with Gasteiger partial charge in [-0.2, -0.15) is 0 Å². The fourth-order valence-corrected chi connectivity index (χ4v) is 4.62. The van der Waals surface area contributed by atoms with E-state index in [1.807, 2.05) is 0 Å². The normalized spacial score (nSPS) is 11.1. The summed E-state index contributed by atoms with van der Waals surface area (Å²) in [6.07, 6.45) is 0. The number of benzene rings is 4. The molecular formula is C32H22O10. The quantitative estimate of drug-likeness (QED) is 0.214. The maximum Gasteiger partial charge on any atom is 0.212 e. The Morgan fingerprint density at radius 2 is 1.19 bits per heavy atom. The first-order valence-electron chi connectivity index (χ1n) is 12.6. The molecule has 2 aromatic heterocycles. The van der Waals surface area contributed by atoms with Crippen molar-refractivity contribution in [2.45, 2.75) is 0 Å². The van der Waals surface area contributed by atoms with Crippen LogP contribution in [0.3, 0.4) is 0 Å². The molecule has 42 heavy (non-hydrogen) atoms. The Hall–Kier alpha value is -5.90. The first-order valence-corrected chi connectivity index (χ1v) is 12.6. The van der Waals surface area contributed by atoms with Crippen LogP contribution in [0.1, 0.15) is 0 Å². The van der Waals surface area contributed by atoms with E-state index in [2.05, 4.69) is 0 Å². The zero-order valence-electron chi connectivity index (χ0n) is 22.2. The van der Waals surface area contributed by atoms with Crippen LogP contribution in [0, 0.1) is 0 Å². The highest BCUT2D eigenvalue weighted by molar-refractivity contribution is 5.92. The van der Waals surface area contributed by atoms with Crippen molar-refractivity contribution >= 4 is 21.9 Å². The van der Waals surface area contributed by atoms with Crippen molar-refractivity contribution in [3.05, 3.63) is 99.3 Å². The Labute approximate surface area is 236 Å². The summed E-state index contributed by atoms with van der Waals surface area (Å²) in [5.74, 6) is 0.619. The third kappa shape index (κ3) is 4.60. The molecule has 0 unspecified atom stereocenters. The molecule has 4 aromatic carbocycles. The molecule has 0 bridgehead atoms. The van der Waals surface area contributed by atoms with Gasteiger partial charge in [-0.05, 0) is 48.5 Å². The molecule has 6 rings (SSSR count). The molecule has 0 atom stereocenters. The number of phenols is 3. The van der Waals surface area contributed by atoms with Gasteiger partial charge in [-0.15, -0.1) is 0 Å². The van der Waals surface area contributed by atoms with Crippen LogP contribution in [0.15, 0.2) is 97.3 Å². The van der Waals surface area contributed by atoms with Gasteiger partial charge in [0.25, 0.3) is 0 Å². The van der Waals surface area contributed by atoms with E-state index in [-0.39, 0.29) is 62.2 Å². The van der Waals surface area contributed by atoms with Crippen molar-refractivity contribution in [3.8, 4) is 62.9 Å². The minimum absolute atomic E-state index is 0.0191. The molecule has 0 aliphatic carbocycles. The fraction of sp³-hybridized carbons (Fsp3) is 0.0625. The number of fused-ring (bicyclic) bond motifs is 2. The summed E-state index contributed by atoms with van der Waals surface area (Å²) < 4.78 is 28.6. The standard InChI is InChI=1S/C32H22O10/c1-38-19-7-3-17(4-8-19)26-14-23(36)30-24(37)15-28(39-2)31(32(30)42-26)40-20-9-5-16(6-10-20)25-13-22(35)29-21(34)11-18(33)12-27(29)41-25/h3-15,33-34,37H,1-2H3. The van der Waals surface area contributed by atoms with Crippen molar-refractivity contribution in [2.75, 3.05) is 14.2 Å². The number of rotatable bonds is 6. The van der Waals surface area contributed by atoms with Gasteiger partial charge in [-0.3, -0.25) is 9.59 Å². The highest BCUT2D eigenvalue weighted by atomic mass is 16.5. The van der Waals surface area contributed by atoms with E-state index in [1.54, 1.807) is 55.6 Å². The minimum atomic E-state index is -0.481. The minimum Gasteiger partial charge on any atom is -0.508 e. The summed E-state index contributed by atoms with van der Waals surface area (Å²) in [5, 5.41) is 30.3. The fourth-order valence-electron chi connectivity index (χ4n) is 4.62. The molecule has 0 radical (unpaired) electrons. The van der Waals surface area contributed by atoms with Crippen molar-refractivity contribution in [2.24, 2.45) is 0 Å². The lowest BCUT2D eigenvalue weighted by atomic mass is 10.1. The second-order valence-corrected chi connectivity index (χ2v) is 9.27. The predicted octanol–water partition coefficient (Wildman–Crippen LogP) is 6.16. The van der Waals surface area contributed by atoms with Crippen LogP contribution in [-0.2, 0) is 0 Å². The Morgan fingerprint density at radius 1 is 0.619 bits per heavy atom. The Kier molecular flexibility index (Phi) is 6.43. The zero-order valence-corrected chi connectivity index (χ0v) is 22.2. The SMILES string of the molecule is COc1ccc(-c2cc(=O)c3c(O)cc(OC)c(Oc4ccc(-c5cc(=O)c6c(O)cc(O)cc6o5)cc4)c3o2)cc1. The largest absolute Gasteiger partial charge is 0.508 e. The van der Waals surface area contributed by atoms with Crippen LogP contribution < -0.4 is 25.1 Å². The highest BCUT2D eigenvalue weighted by Crippen LogP contribution is 2.43. The molecule has 0 amide bonds. The van der Waals surface area contributed by atoms with E-state index in [0.717, 1.165) is 6.07 Å².